The van der Waals surface area contributed by atoms with Gasteiger partial charge in [-0.2, -0.15) is 0 Å². The highest BCUT2D eigenvalue weighted by Gasteiger charge is 1.88. The quantitative estimate of drug-likeness (QED) is 0.707. The molecule has 2 aromatic carbocycles. The van der Waals surface area contributed by atoms with E-state index in [1.807, 2.05) is 24.3 Å². The lowest BCUT2D eigenvalue weighted by Crippen LogP contribution is -1.81. The van der Waals surface area contributed by atoms with Crippen LogP contribution < -0.4 is 0 Å². The van der Waals surface area contributed by atoms with Crippen molar-refractivity contribution in [3.63, 3.8) is 0 Å². The third-order valence-electron chi connectivity index (χ3n) is 2.47. The Hall–Kier alpha value is -1.82. The molecule has 0 fully saturated rings. The zero-order chi connectivity index (χ0) is 11.1. The molecule has 0 aliphatic heterocycles. The highest BCUT2D eigenvalue weighted by atomic mass is 13.9. The third kappa shape index (κ3) is 3.39. The summed E-state index contributed by atoms with van der Waals surface area (Å²) >= 11 is 0. The molecule has 0 N–H and O–H groups in total. The van der Waals surface area contributed by atoms with Crippen molar-refractivity contribution in [2.24, 2.45) is 0 Å². The van der Waals surface area contributed by atoms with Crippen LogP contribution in [0.4, 0.5) is 0 Å². The first-order valence-corrected chi connectivity index (χ1v) is 5.61. The van der Waals surface area contributed by atoms with E-state index in [-0.39, 0.29) is 0 Å². The van der Waals surface area contributed by atoms with E-state index in [1.54, 1.807) is 0 Å². The zero-order valence-corrected chi connectivity index (χ0v) is 9.27. The minimum atomic E-state index is 0.971. The van der Waals surface area contributed by atoms with Crippen LogP contribution in [-0.4, -0.2) is 0 Å². The van der Waals surface area contributed by atoms with Crippen LogP contribution in [0.1, 0.15) is 17.5 Å². The third-order valence-corrected chi connectivity index (χ3v) is 2.47. The van der Waals surface area contributed by atoms with Crippen LogP contribution in [0, 0.1) is 6.08 Å². The Morgan fingerprint density at radius 1 is 0.812 bits per heavy atom. The van der Waals surface area contributed by atoms with Gasteiger partial charge in [0.1, 0.15) is 0 Å². The molecule has 0 amide bonds. The van der Waals surface area contributed by atoms with E-state index in [0.717, 1.165) is 12.8 Å². The summed E-state index contributed by atoms with van der Waals surface area (Å²) in [5.41, 5.74) is 2.59. The lowest BCUT2D eigenvalue weighted by Gasteiger charge is -1.96. The molecule has 0 saturated heterocycles. The standard InChI is InChI=1S/C16H15/c1-3-9-15(10-4-1)13-7-8-14-16-11-5-2-6-12-16/h1-6,9-12,14H,7,13H2. The first kappa shape index (κ1) is 10.7. The van der Waals surface area contributed by atoms with Crippen molar-refractivity contribution in [3.8, 4) is 0 Å². The van der Waals surface area contributed by atoms with Crippen molar-refractivity contribution in [3.05, 3.63) is 77.9 Å². The van der Waals surface area contributed by atoms with Crippen molar-refractivity contribution < 1.29 is 0 Å². The van der Waals surface area contributed by atoms with Crippen LogP contribution in [0.3, 0.4) is 0 Å². The summed E-state index contributed by atoms with van der Waals surface area (Å²) in [6.45, 7) is 0. The average Bonchev–Trinajstić information content (AvgIpc) is 2.37. The minimum absolute atomic E-state index is 0.971. The van der Waals surface area contributed by atoms with E-state index in [4.69, 9.17) is 0 Å². The molecule has 16 heavy (non-hydrogen) atoms. The number of benzene rings is 2. The Kier molecular flexibility index (Phi) is 3.95. The summed E-state index contributed by atoms with van der Waals surface area (Å²) in [5, 5.41) is 0. The van der Waals surface area contributed by atoms with Gasteiger partial charge in [0.25, 0.3) is 0 Å². The Labute approximate surface area is 97.3 Å². The van der Waals surface area contributed by atoms with Gasteiger partial charge in [0, 0.05) is 0 Å². The highest BCUT2D eigenvalue weighted by molar-refractivity contribution is 5.46. The van der Waals surface area contributed by atoms with Crippen molar-refractivity contribution in [1.82, 2.24) is 0 Å². The van der Waals surface area contributed by atoms with Gasteiger partial charge >= 0.3 is 0 Å². The van der Waals surface area contributed by atoms with Crippen molar-refractivity contribution in [2.45, 2.75) is 12.8 Å². The summed E-state index contributed by atoms with van der Waals surface area (Å²) in [5.74, 6) is 0. The van der Waals surface area contributed by atoms with Gasteiger partial charge in [-0.05, 0) is 30.0 Å². The largest absolute Gasteiger partial charge is 0.0622 e. The molecular formula is C16H15. The second-order valence-corrected chi connectivity index (χ2v) is 3.74. The predicted molar refractivity (Wildman–Crippen MR) is 68.9 cm³/mol. The second-order valence-electron chi connectivity index (χ2n) is 3.74. The number of hydrogen-bond donors (Lipinski definition) is 0. The summed E-state index contributed by atoms with van der Waals surface area (Å²) in [6.07, 6.45) is 7.41. The molecule has 0 unspecified atom stereocenters. The monoisotopic (exact) mass is 207 g/mol. The van der Waals surface area contributed by atoms with Crippen LogP contribution >= 0.6 is 0 Å². The molecule has 0 aliphatic rings. The summed E-state index contributed by atoms with van der Waals surface area (Å²) in [4.78, 5) is 0. The van der Waals surface area contributed by atoms with Gasteiger partial charge in [0.2, 0.25) is 0 Å². The molecule has 2 aromatic rings. The SMILES string of the molecule is [C](=Cc1ccccc1)CCc1ccccc1. The van der Waals surface area contributed by atoms with Gasteiger partial charge in [-0.1, -0.05) is 66.7 Å². The minimum Gasteiger partial charge on any atom is -0.0622 e. The molecule has 0 heterocycles. The van der Waals surface area contributed by atoms with Crippen molar-refractivity contribution in [2.75, 3.05) is 0 Å². The van der Waals surface area contributed by atoms with Crippen LogP contribution in [0.2, 0.25) is 0 Å². The van der Waals surface area contributed by atoms with Crippen LogP contribution in [-0.2, 0) is 6.42 Å². The molecule has 0 bridgehead atoms. The molecule has 1 radical (unpaired) electrons. The van der Waals surface area contributed by atoms with E-state index in [2.05, 4.69) is 48.6 Å². The first-order valence-electron chi connectivity index (χ1n) is 5.61. The van der Waals surface area contributed by atoms with E-state index in [0.29, 0.717) is 0 Å². The van der Waals surface area contributed by atoms with Gasteiger partial charge in [-0.25, -0.2) is 0 Å². The van der Waals surface area contributed by atoms with Gasteiger partial charge in [0.15, 0.2) is 0 Å². The molecule has 0 aliphatic carbocycles. The Morgan fingerprint density at radius 3 is 2.12 bits per heavy atom. The summed E-state index contributed by atoms with van der Waals surface area (Å²) < 4.78 is 0. The summed E-state index contributed by atoms with van der Waals surface area (Å²) in [6, 6.07) is 20.8. The number of allylic oxidation sites excluding steroid dienone is 1. The van der Waals surface area contributed by atoms with Crippen LogP contribution in [0.25, 0.3) is 6.08 Å². The maximum atomic E-state index is 3.33. The molecule has 0 aromatic heterocycles. The highest BCUT2D eigenvalue weighted by Crippen LogP contribution is 2.05. The van der Waals surface area contributed by atoms with E-state index >= 15 is 0 Å². The fourth-order valence-electron chi connectivity index (χ4n) is 1.60. The number of aryl methyl sites for hydroxylation is 1. The van der Waals surface area contributed by atoms with E-state index < -0.39 is 0 Å². The van der Waals surface area contributed by atoms with E-state index in [1.165, 1.54) is 11.1 Å². The fourth-order valence-corrected chi connectivity index (χ4v) is 1.60. The maximum absolute atomic E-state index is 3.33. The van der Waals surface area contributed by atoms with Crippen LogP contribution in [0.5, 0.6) is 0 Å². The zero-order valence-electron chi connectivity index (χ0n) is 9.27. The molecule has 0 saturated carbocycles. The average molecular weight is 207 g/mol. The van der Waals surface area contributed by atoms with Gasteiger partial charge in [0.05, 0.1) is 0 Å². The maximum Gasteiger partial charge on any atom is -0.0235 e. The summed E-state index contributed by atoms with van der Waals surface area (Å²) in [7, 11) is 0. The predicted octanol–water partition coefficient (Wildman–Crippen LogP) is 4.14. The molecule has 79 valence electrons. The molecular weight excluding hydrogens is 192 g/mol. The Balaban J connectivity index is 1.83. The molecule has 0 heteroatoms. The van der Waals surface area contributed by atoms with Gasteiger partial charge in [-0.3, -0.25) is 0 Å². The second kappa shape index (κ2) is 5.92. The van der Waals surface area contributed by atoms with Gasteiger partial charge in [-0.15, -0.1) is 0 Å². The lowest BCUT2D eigenvalue weighted by molar-refractivity contribution is 0.986. The van der Waals surface area contributed by atoms with Crippen LogP contribution in [0.15, 0.2) is 60.7 Å². The Morgan fingerprint density at radius 2 is 1.44 bits per heavy atom. The topological polar surface area (TPSA) is 0 Å². The van der Waals surface area contributed by atoms with E-state index in [9.17, 15) is 0 Å². The Bertz CT molecular complexity index is 426. The van der Waals surface area contributed by atoms with Crippen molar-refractivity contribution >= 4 is 6.08 Å². The first-order chi connectivity index (χ1) is 7.95. The fraction of sp³-hybridized carbons (Fsp3) is 0.125. The molecule has 2 rings (SSSR count). The normalized spacial score (nSPS) is 10.8. The van der Waals surface area contributed by atoms with Gasteiger partial charge < -0.3 is 0 Å². The molecule has 0 spiro atoms. The van der Waals surface area contributed by atoms with Crippen molar-refractivity contribution in [1.29, 1.82) is 0 Å². The molecule has 0 atom stereocenters. The lowest BCUT2D eigenvalue weighted by atomic mass is 10.1. The number of rotatable bonds is 4. The molecule has 0 nitrogen and oxygen atoms in total. The number of hydrogen-bond acceptors (Lipinski definition) is 0. The smallest absolute Gasteiger partial charge is 0.0235 e.